The van der Waals surface area contributed by atoms with Gasteiger partial charge in [-0.1, -0.05) is 12.1 Å². The number of aromatic nitrogens is 2. The van der Waals surface area contributed by atoms with Gasteiger partial charge in [-0.25, -0.2) is 0 Å². The molecule has 2 rings (SSSR count). The van der Waals surface area contributed by atoms with Gasteiger partial charge in [0.1, 0.15) is 0 Å². The number of rotatable bonds is 6. The quantitative estimate of drug-likeness (QED) is 0.809. The molecule has 0 aliphatic rings. The summed E-state index contributed by atoms with van der Waals surface area (Å²) in [7, 11) is 3.79. The lowest BCUT2D eigenvalue weighted by atomic mass is 10.1. The van der Waals surface area contributed by atoms with Gasteiger partial charge in [0, 0.05) is 26.0 Å². The van der Waals surface area contributed by atoms with Crippen LogP contribution in [0.1, 0.15) is 23.0 Å². The minimum atomic E-state index is 0.127. The molecule has 2 aromatic rings. The average Bonchev–Trinajstić information content (AvgIpc) is 2.48. The molecule has 106 valence electrons. The molecular weight excluding hydrogens is 250 g/mol. The van der Waals surface area contributed by atoms with E-state index in [1.165, 1.54) is 5.56 Å². The van der Waals surface area contributed by atoms with Gasteiger partial charge < -0.3 is 4.74 Å². The summed E-state index contributed by atoms with van der Waals surface area (Å²) in [5.41, 5.74) is 3.31. The lowest BCUT2D eigenvalue weighted by Crippen LogP contribution is -2.29. The number of aryl methyl sites for hydroxylation is 1. The maximum atomic E-state index is 5.35. The second kappa shape index (κ2) is 7.12. The minimum Gasteiger partial charge on any atom is -0.383 e. The molecule has 0 saturated carbocycles. The molecule has 0 aromatic carbocycles. The fourth-order valence-electron chi connectivity index (χ4n) is 2.20. The molecule has 0 N–H and O–H groups in total. The Bertz CT molecular complexity index is 530. The summed E-state index contributed by atoms with van der Waals surface area (Å²) in [6.45, 7) is 3.47. The lowest BCUT2D eigenvalue weighted by molar-refractivity contribution is 0.0991. The van der Waals surface area contributed by atoms with Crippen LogP contribution in [-0.2, 0) is 11.3 Å². The molecule has 0 saturated heterocycles. The van der Waals surface area contributed by atoms with Crippen molar-refractivity contribution >= 4 is 0 Å². The van der Waals surface area contributed by atoms with E-state index >= 15 is 0 Å². The third kappa shape index (κ3) is 3.62. The zero-order valence-corrected chi connectivity index (χ0v) is 12.3. The van der Waals surface area contributed by atoms with E-state index in [9.17, 15) is 0 Å². The molecule has 0 amide bonds. The van der Waals surface area contributed by atoms with Crippen molar-refractivity contribution in [3.05, 3.63) is 59.7 Å². The number of methoxy groups -OCH3 is 1. The number of pyridine rings is 2. The van der Waals surface area contributed by atoms with Gasteiger partial charge in [0.05, 0.1) is 24.0 Å². The second-order valence-electron chi connectivity index (χ2n) is 4.91. The Balaban J connectivity index is 2.16. The van der Waals surface area contributed by atoms with Crippen molar-refractivity contribution in [1.82, 2.24) is 14.9 Å². The van der Waals surface area contributed by atoms with Gasteiger partial charge in [-0.2, -0.15) is 0 Å². The molecule has 2 heterocycles. The van der Waals surface area contributed by atoms with E-state index in [0.29, 0.717) is 6.61 Å². The Morgan fingerprint density at radius 3 is 2.60 bits per heavy atom. The molecule has 0 spiro atoms. The van der Waals surface area contributed by atoms with Crippen LogP contribution in [0.2, 0.25) is 0 Å². The smallest absolute Gasteiger partial charge is 0.0758 e. The molecule has 0 radical (unpaired) electrons. The molecule has 1 atom stereocenters. The summed E-state index contributed by atoms with van der Waals surface area (Å²) < 4.78 is 5.35. The highest BCUT2D eigenvalue weighted by molar-refractivity contribution is 5.18. The molecule has 0 fully saturated rings. The Morgan fingerprint density at radius 1 is 1.15 bits per heavy atom. The molecule has 0 bridgehead atoms. The first kappa shape index (κ1) is 14.6. The highest BCUT2D eigenvalue weighted by atomic mass is 16.5. The molecule has 1 unspecified atom stereocenters. The van der Waals surface area contributed by atoms with Gasteiger partial charge in [-0.3, -0.25) is 14.9 Å². The van der Waals surface area contributed by atoms with Gasteiger partial charge in [0.2, 0.25) is 0 Å². The van der Waals surface area contributed by atoms with Crippen molar-refractivity contribution in [3.63, 3.8) is 0 Å². The van der Waals surface area contributed by atoms with E-state index in [2.05, 4.69) is 34.9 Å². The monoisotopic (exact) mass is 271 g/mol. The number of ether oxygens (including phenoxy) is 1. The molecule has 0 aliphatic carbocycles. The summed E-state index contributed by atoms with van der Waals surface area (Å²) in [6, 6.07) is 10.1. The van der Waals surface area contributed by atoms with E-state index in [-0.39, 0.29) is 6.04 Å². The highest BCUT2D eigenvalue weighted by Gasteiger charge is 2.19. The Morgan fingerprint density at radius 2 is 1.95 bits per heavy atom. The normalized spacial score (nSPS) is 12.6. The zero-order valence-electron chi connectivity index (χ0n) is 12.3. The van der Waals surface area contributed by atoms with E-state index in [0.717, 1.165) is 17.9 Å². The molecule has 2 aromatic heterocycles. The third-order valence-corrected chi connectivity index (χ3v) is 3.40. The van der Waals surface area contributed by atoms with Gasteiger partial charge in [-0.15, -0.1) is 0 Å². The fourth-order valence-corrected chi connectivity index (χ4v) is 2.20. The van der Waals surface area contributed by atoms with Gasteiger partial charge in [0.15, 0.2) is 0 Å². The average molecular weight is 271 g/mol. The van der Waals surface area contributed by atoms with E-state index in [1.807, 2.05) is 36.7 Å². The third-order valence-electron chi connectivity index (χ3n) is 3.40. The number of nitrogens with zero attached hydrogens (tertiary/aromatic N) is 3. The molecule has 0 aliphatic heterocycles. The second-order valence-corrected chi connectivity index (χ2v) is 4.91. The van der Waals surface area contributed by atoms with Crippen LogP contribution in [0.25, 0.3) is 0 Å². The van der Waals surface area contributed by atoms with Gasteiger partial charge in [-0.05, 0) is 37.7 Å². The Labute approximate surface area is 120 Å². The summed E-state index contributed by atoms with van der Waals surface area (Å²) in [6.07, 6.45) is 3.65. The van der Waals surface area contributed by atoms with Crippen molar-refractivity contribution in [2.45, 2.75) is 19.5 Å². The SMILES string of the molecule is COCC(c1ccccn1)N(C)Cc1ncccc1C. The van der Waals surface area contributed by atoms with Crippen LogP contribution >= 0.6 is 0 Å². The summed E-state index contributed by atoms with van der Waals surface area (Å²) in [4.78, 5) is 11.1. The first-order valence-electron chi connectivity index (χ1n) is 6.73. The molecule has 4 heteroatoms. The highest BCUT2D eigenvalue weighted by Crippen LogP contribution is 2.20. The van der Waals surface area contributed by atoms with Crippen molar-refractivity contribution in [1.29, 1.82) is 0 Å². The first-order valence-corrected chi connectivity index (χ1v) is 6.73. The topological polar surface area (TPSA) is 38.2 Å². The van der Waals surface area contributed by atoms with Crippen molar-refractivity contribution in [2.24, 2.45) is 0 Å². The standard InChI is InChI=1S/C16H21N3O/c1-13-7-6-10-18-15(13)11-19(2)16(12-20-3)14-8-4-5-9-17-14/h4-10,16H,11-12H2,1-3H3. The minimum absolute atomic E-state index is 0.127. The summed E-state index contributed by atoms with van der Waals surface area (Å²) >= 11 is 0. The predicted molar refractivity (Wildman–Crippen MR) is 79.3 cm³/mol. The van der Waals surface area contributed by atoms with Crippen molar-refractivity contribution < 1.29 is 4.74 Å². The predicted octanol–water partition coefficient (Wildman–Crippen LogP) is 2.60. The van der Waals surface area contributed by atoms with Crippen LogP contribution in [0.15, 0.2) is 42.7 Å². The van der Waals surface area contributed by atoms with Crippen molar-refractivity contribution in [2.75, 3.05) is 20.8 Å². The van der Waals surface area contributed by atoms with Crippen LogP contribution in [0.5, 0.6) is 0 Å². The Kier molecular flexibility index (Phi) is 5.21. The lowest BCUT2D eigenvalue weighted by Gasteiger charge is -2.27. The van der Waals surface area contributed by atoms with E-state index in [1.54, 1.807) is 7.11 Å². The van der Waals surface area contributed by atoms with Crippen LogP contribution in [0.3, 0.4) is 0 Å². The fraction of sp³-hybridized carbons (Fsp3) is 0.375. The molecule has 4 nitrogen and oxygen atoms in total. The first-order chi connectivity index (χ1) is 9.72. The van der Waals surface area contributed by atoms with Crippen LogP contribution in [0.4, 0.5) is 0 Å². The molecular formula is C16H21N3O. The Hall–Kier alpha value is -1.78. The van der Waals surface area contributed by atoms with Crippen LogP contribution < -0.4 is 0 Å². The number of hydrogen-bond donors (Lipinski definition) is 0. The van der Waals surface area contributed by atoms with E-state index in [4.69, 9.17) is 4.74 Å². The maximum Gasteiger partial charge on any atom is 0.0758 e. The van der Waals surface area contributed by atoms with Gasteiger partial charge >= 0.3 is 0 Å². The van der Waals surface area contributed by atoms with Crippen molar-refractivity contribution in [3.8, 4) is 0 Å². The zero-order chi connectivity index (χ0) is 14.4. The largest absolute Gasteiger partial charge is 0.383 e. The number of likely N-dealkylation sites (N-methyl/N-ethyl adjacent to an activating group) is 1. The summed E-state index contributed by atoms with van der Waals surface area (Å²) in [5.74, 6) is 0. The van der Waals surface area contributed by atoms with Crippen LogP contribution in [0, 0.1) is 6.92 Å². The summed E-state index contributed by atoms with van der Waals surface area (Å²) in [5, 5.41) is 0. The van der Waals surface area contributed by atoms with Crippen LogP contribution in [-0.4, -0.2) is 35.6 Å². The van der Waals surface area contributed by atoms with Gasteiger partial charge in [0.25, 0.3) is 0 Å². The van der Waals surface area contributed by atoms with E-state index < -0.39 is 0 Å². The molecule has 20 heavy (non-hydrogen) atoms. The number of hydrogen-bond acceptors (Lipinski definition) is 4. The maximum absolute atomic E-state index is 5.35.